The number of fused-ring (bicyclic) bond motifs is 5. The number of aliphatic hydroxyl groups is 1. The van der Waals surface area contributed by atoms with Gasteiger partial charge >= 0.3 is 0 Å². The molecular weight excluding hydrogens is 226 g/mol. The maximum atomic E-state index is 12.1. The zero-order chi connectivity index (χ0) is 12.9. The van der Waals surface area contributed by atoms with Gasteiger partial charge in [0, 0.05) is 12.5 Å². The van der Waals surface area contributed by atoms with Gasteiger partial charge in [0.15, 0.2) is 0 Å². The number of nitrogens with one attached hydrogen (secondary N) is 1. The maximum Gasteiger partial charge on any atom is 0.223 e. The number of hydrogen-bond acceptors (Lipinski definition) is 2. The molecule has 0 spiro atoms. The summed E-state index contributed by atoms with van der Waals surface area (Å²) in [5, 5.41) is 12.7. The van der Waals surface area contributed by atoms with Crippen molar-refractivity contribution in [2.45, 2.75) is 45.6 Å². The van der Waals surface area contributed by atoms with Gasteiger partial charge in [0.1, 0.15) is 0 Å². The average molecular weight is 251 g/mol. The summed E-state index contributed by atoms with van der Waals surface area (Å²) in [6, 6.07) is 0. The SMILES string of the molecule is CC(C)CC(O)CNC(=O)C1C2C3CCC(C3)C12. The Labute approximate surface area is 109 Å². The minimum absolute atomic E-state index is 0.212. The van der Waals surface area contributed by atoms with Crippen LogP contribution in [0.3, 0.4) is 0 Å². The highest BCUT2D eigenvalue weighted by atomic mass is 16.3. The van der Waals surface area contributed by atoms with Gasteiger partial charge in [-0.3, -0.25) is 4.79 Å². The molecule has 3 nitrogen and oxygen atoms in total. The van der Waals surface area contributed by atoms with Gasteiger partial charge in [-0.2, -0.15) is 0 Å². The highest BCUT2D eigenvalue weighted by Crippen LogP contribution is 2.69. The Morgan fingerprint density at radius 2 is 1.89 bits per heavy atom. The van der Waals surface area contributed by atoms with Crippen molar-refractivity contribution in [2.24, 2.45) is 35.5 Å². The highest BCUT2D eigenvalue weighted by molar-refractivity contribution is 5.82. The molecule has 5 unspecified atom stereocenters. The number of amides is 1. The van der Waals surface area contributed by atoms with Crippen LogP contribution in [0.25, 0.3) is 0 Å². The Morgan fingerprint density at radius 3 is 2.44 bits per heavy atom. The van der Waals surface area contributed by atoms with Crippen LogP contribution in [0.15, 0.2) is 0 Å². The molecule has 0 aromatic heterocycles. The predicted octanol–water partition coefficient (Wildman–Crippen LogP) is 1.80. The number of hydrogen-bond donors (Lipinski definition) is 2. The molecule has 18 heavy (non-hydrogen) atoms. The zero-order valence-corrected chi connectivity index (χ0v) is 11.4. The van der Waals surface area contributed by atoms with Crippen molar-refractivity contribution in [3.63, 3.8) is 0 Å². The van der Waals surface area contributed by atoms with Crippen molar-refractivity contribution in [1.29, 1.82) is 0 Å². The van der Waals surface area contributed by atoms with Crippen molar-refractivity contribution in [1.82, 2.24) is 5.32 Å². The maximum absolute atomic E-state index is 12.1. The summed E-state index contributed by atoms with van der Waals surface area (Å²) in [6.07, 6.45) is 4.47. The number of aliphatic hydroxyl groups excluding tert-OH is 1. The molecule has 102 valence electrons. The van der Waals surface area contributed by atoms with Gasteiger partial charge in [0.2, 0.25) is 5.91 Å². The van der Waals surface area contributed by atoms with Crippen molar-refractivity contribution < 1.29 is 9.90 Å². The third kappa shape index (κ3) is 2.07. The summed E-state index contributed by atoms with van der Waals surface area (Å²) in [6.45, 7) is 4.62. The molecular formula is C15H25NO2. The van der Waals surface area contributed by atoms with Crippen molar-refractivity contribution in [2.75, 3.05) is 6.54 Å². The Morgan fingerprint density at radius 1 is 1.28 bits per heavy atom. The van der Waals surface area contributed by atoms with E-state index in [0.717, 1.165) is 18.3 Å². The lowest BCUT2D eigenvalue weighted by Gasteiger charge is -2.15. The number of rotatable bonds is 5. The van der Waals surface area contributed by atoms with Crippen molar-refractivity contribution in [3.8, 4) is 0 Å². The minimum Gasteiger partial charge on any atom is -0.391 e. The van der Waals surface area contributed by atoms with Gasteiger partial charge < -0.3 is 10.4 Å². The number of carbonyl (C=O) groups is 1. The smallest absolute Gasteiger partial charge is 0.223 e. The largest absolute Gasteiger partial charge is 0.391 e. The molecule has 5 atom stereocenters. The Balaban J connectivity index is 1.44. The van der Waals surface area contributed by atoms with Crippen LogP contribution in [-0.2, 0) is 4.79 Å². The average Bonchev–Trinajstić information content (AvgIpc) is 2.74. The van der Waals surface area contributed by atoms with Crippen LogP contribution in [0.5, 0.6) is 0 Å². The first-order valence-electron chi connectivity index (χ1n) is 7.53. The Bertz CT molecular complexity index is 325. The molecule has 3 aliphatic carbocycles. The molecule has 3 rings (SSSR count). The summed E-state index contributed by atoms with van der Waals surface area (Å²) in [5.74, 6) is 4.07. The van der Waals surface area contributed by atoms with Gasteiger partial charge in [0.25, 0.3) is 0 Å². The first-order valence-corrected chi connectivity index (χ1v) is 7.53. The number of carbonyl (C=O) groups excluding carboxylic acids is 1. The molecule has 0 aromatic rings. The van der Waals surface area contributed by atoms with E-state index in [1.807, 2.05) is 0 Å². The predicted molar refractivity (Wildman–Crippen MR) is 69.8 cm³/mol. The molecule has 2 bridgehead atoms. The summed E-state index contributed by atoms with van der Waals surface area (Å²) in [5.41, 5.74) is 0. The molecule has 0 saturated heterocycles. The lowest BCUT2D eigenvalue weighted by molar-refractivity contribution is -0.123. The second-order valence-electron chi connectivity index (χ2n) is 7.04. The van der Waals surface area contributed by atoms with Crippen LogP contribution in [0, 0.1) is 35.5 Å². The van der Waals surface area contributed by atoms with Crippen LogP contribution in [0.4, 0.5) is 0 Å². The van der Waals surface area contributed by atoms with E-state index in [-0.39, 0.29) is 12.0 Å². The van der Waals surface area contributed by atoms with Crippen LogP contribution in [-0.4, -0.2) is 23.7 Å². The molecule has 0 aliphatic heterocycles. The van der Waals surface area contributed by atoms with Gasteiger partial charge in [0.05, 0.1) is 6.10 Å². The lowest BCUT2D eigenvalue weighted by atomic mass is 10.0. The van der Waals surface area contributed by atoms with E-state index in [4.69, 9.17) is 0 Å². The van der Waals surface area contributed by atoms with E-state index >= 15 is 0 Å². The summed E-state index contributed by atoms with van der Waals surface area (Å²) < 4.78 is 0. The molecule has 0 heterocycles. The fraction of sp³-hybridized carbons (Fsp3) is 0.933. The molecule has 2 N–H and O–H groups in total. The fourth-order valence-electron chi connectivity index (χ4n) is 4.64. The standard InChI is InChI=1S/C15H25NO2/c1-8(2)5-11(17)7-16-15(18)14-12-9-3-4-10(6-9)13(12)14/h8-14,17H,3-7H2,1-2H3,(H,16,18). The monoisotopic (exact) mass is 251 g/mol. The Hall–Kier alpha value is -0.570. The van der Waals surface area contributed by atoms with E-state index in [2.05, 4.69) is 19.2 Å². The van der Waals surface area contributed by atoms with Gasteiger partial charge in [-0.1, -0.05) is 13.8 Å². The summed E-state index contributed by atoms with van der Waals surface area (Å²) >= 11 is 0. The molecule has 1 amide bonds. The first kappa shape index (κ1) is 12.5. The normalized spacial score (nSPS) is 41.9. The topological polar surface area (TPSA) is 49.3 Å². The van der Waals surface area contributed by atoms with Crippen molar-refractivity contribution >= 4 is 5.91 Å². The van der Waals surface area contributed by atoms with Crippen LogP contribution in [0.1, 0.15) is 39.5 Å². The molecule has 0 radical (unpaired) electrons. The van der Waals surface area contributed by atoms with Crippen LogP contribution < -0.4 is 5.32 Å². The van der Waals surface area contributed by atoms with E-state index in [1.165, 1.54) is 19.3 Å². The molecule has 3 fully saturated rings. The van der Waals surface area contributed by atoms with Gasteiger partial charge in [-0.25, -0.2) is 0 Å². The van der Waals surface area contributed by atoms with E-state index in [1.54, 1.807) is 0 Å². The Kier molecular flexibility index (Phi) is 3.13. The summed E-state index contributed by atoms with van der Waals surface area (Å²) in [7, 11) is 0. The molecule has 3 aliphatic rings. The lowest BCUT2D eigenvalue weighted by Crippen LogP contribution is -2.35. The third-order valence-corrected chi connectivity index (χ3v) is 5.29. The minimum atomic E-state index is -0.385. The second kappa shape index (κ2) is 4.52. The first-order chi connectivity index (χ1) is 8.58. The third-order valence-electron chi connectivity index (χ3n) is 5.29. The van der Waals surface area contributed by atoms with Crippen LogP contribution >= 0.6 is 0 Å². The zero-order valence-electron chi connectivity index (χ0n) is 11.4. The summed E-state index contributed by atoms with van der Waals surface area (Å²) in [4.78, 5) is 12.1. The van der Waals surface area contributed by atoms with Gasteiger partial charge in [-0.15, -0.1) is 0 Å². The van der Waals surface area contributed by atoms with E-state index < -0.39 is 0 Å². The second-order valence-corrected chi connectivity index (χ2v) is 7.04. The molecule has 0 aromatic carbocycles. The highest BCUT2D eigenvalue weighted by Gasteiger charge is 2.67. The van der Waals surface area contributed by atoms with E-state index in [0.29, 0.717) is 30.2 Å². The van der Waals surface area contributed by atoms with Gasteiger partial charge in [-0.05, 0) is 55.3 Å². The molecule has 3 saturated carbocycles. The fourth-order valence-corrected chi connectivity index (χ4v) is 4.64. The quantitative estimate of drug-likeness (QED) is 0.783. The van der Waals surface area contributed by atoms with E-state index in [9.17, 15) is 9.90 Å². The van der Waals surface area contributed by atoms with Crippen molar-refractivity contribution in [3.05, 3.63) is 0 Å². The van der Waals surface area contributed by atoms with Crippen LogP contribution in [0.2, 0.25) is 0 Å². The molecule has 3 heteroatoms.